The summed E-state index contributed by atoms with van der Waals surface area (Å²) in [5, 5.41) is 12.0. The van der Waals surface area contributed by atoms with E-state index in [4.69, 9.17) is 8.83 Å². The summed E-state index contributed by atoms with van der Waals surface area (Å²) in [6.45, 7) is 0. The monoisotopic (exact) mass is 727 g/mol. The Labute approximate surface area is 328 Å². The number of benzene rings is 10. The summed E-state index contributed by atoms with van der Waals surface area (Å²) in [5.41, 5.74) is 11.3. The maximum atomic E-state index is 6.45. The summed E-state index contributed by atoms with van der Waals surface area (Å²) in [7, 11) is 0. The largest absolute Gasteiger partial charge is 0.456 e. The Bertz CT molecular complexity index is 3500. The smallest absolute Gasteiger partial charge is 0.143 e. The molecule has 0 fully saturated rings. The van der Waals surface area contributed by atoms with Crippen molar-refractivity contribution in [1.29, 1.82) is 0 Å². The molecule has 0 amide bonds. The Hall–Kier alpha value is -7.62. The molecule has 0 saturated heterocycles. The highest BCUT2D eigenvalue weighted by molar-refractivity contribution is 6.26. The van der Waals surface area contributed by atoms with Gasteiger partial charge in [0.1, 0.15) is 22.3 Å². The van der Waals surface area contributed by atoms with Crippen molar-refractivity contribution in [2.24, 2.45) is 0 Å². The van der Waals surface area contributed by atoms with E-state index in [1.165, 1.54) is 32.3 Å². The molecule has 12 aromatic rings. The van der Waals surface area contributed by atoms with E-state index in [0.717, 1.165) is 83.2 Å². The summed E-state index contributed by atoms with van der Waals surface area (Å²) in [5.74, 6) is 0. The minimum Gasteiger partial charge on any atom is -0.456 e. The van der Waals surface area contributed by atoms with Gasteiger partial charge < -0.3 is 13.7 Å². The van der Waals surface area contributed by atoms with Gasteiger partial charge in [0, 0.05) is 44.2 Å². The molecule has 0 radical (unpaired) electrons. The van der Waals surface area contributed by atoms with Gasteiger partial charge in [-0.1, -0.05) is 140 Å². The average Bonchev–Trinajstić information content (AvgIpc) is 3.85. The summed E-state index contributed by atoms with van der Waals surface area (Å²) in [6, 6.07) is 71.7. The molecule has 3 nitrogen and oxygen atoms in total. The van der Waals surface area contributed by atoms with E-state index in [1.807, 2.05) is 24.3 Å². The summed E-state index contributed by atoms with van der Waals surface area (Å²) in [4.78, 5) is 2.38. The molecule has 0 aliphatic carbocycles. The number of para-hydroxylation sites is 3. The van der Waals surface area contributed by atoms with Crippen LogP contribution in [0.25, 0.3) is 98.4 Å². The number of hydrogen-bond acceptors (Lipinski definition) is 3. The van der Waals surface area contributed by atoms with Crippen molar-refractivity contribution in [3.05, 3.63) is 200 Å². The van der Waals surface area contributed by atoms with Gasteiger partial charge in [-0.25, -0.2) is 0 Å². The van der Waals surface area contributed by atoms with Crippen LogP contribution in [0.1, 0.15) is 0 Å². The first-order valence-corrected chi connectivity index (χ1v) is 19.4. The molecule has 266 valence electrons. The highest BCUT2D eigenvalue weighted by atomic mass is 16.3. The lowest BCUT2D eigenvalue weighted by molar-refractivity contribution is 0.669. The fraction of sp³-hybridized carbons (Fsp3) is 0. The average molecular weight is 728 g/mol. The Kier molecular flexibility index (Phi) is 6.93. The molecule has 0 spiro atoms. The van der Waals surface area contributed by atoms with Gasteiger partial charge in [0.05, 0.1) is 0 Å². The van der Waals surface area contributed by atoms with Gasteiger partial charge in [0.2, 0.25) is 0 Å². The van der Waals surface area contributed by atoms with Crippen LogP contribution >= 0.6 is 0 Å². The van der Waals surface area contributed by atoms with Gasteiger partial charge in [0.15, 0.2) is 0 Å². The number of anilines is 3. The van der Waals surface area contributed by atoms with Crippen molar-refractivity contribution >= 4 is 93.3 Å². The van der Waals surface area contributed by atoms with E-state index in [0.29, 0.717) is 0 Å². The number of hydrogen-bond donors (Lipinski definition) is 0. The lowest BCUT2D eigenvalue weighted by Crippen LogP contribution is -2.10. The second-order valence-electron chi connectivity index (χ2n) is 14.8. The van der Waals surface area contributed by atoms with Crippen molar-refractivity contribution in [3.63, 3.8) is 0 Å². The van der Waals surface area contributed by atoms with Crippen LogP contribution < -0.4 is 4.90 Å². The van der Waals surface area contributed by atoms with Crippen molar-refractivity contribution in [1.82, 2.24) is 0 Å². The van der Waals surface area contributed by atoms with Crippen molar-refractivity contribution in [3.8, 4) is 22.3 Å². The molecule has 3 heteroatoms. The number of furan rings is 2. The first-order valence-electron chi connectivity index (χ1n) is 19.4. The molecule has 2 heterocycles. The van der Waals surface area contributed by atoms with Crippen LogP contribution in [0.15, 0.2) is 209 Å². The maximum Gasteiger partial charge on any atom is 0.143 e. The molecule has 0 bridgehead atoms. The third kappa shape index (κ3) is 4.99. The molecular formula is C54H33NO2. The second-order valence-corrected chi connectivity index (χ2v) is 14.8. The summed E-state index contributed by atoms with van der Waals surface area (Å²) >= 11 is 0. The topological polar surface area (TPSA) is 29.5 Å². The Morgan fingerprint density at radius 3 is 1.51 bits per heavy atom. The second kappa shape index (κ2) is 12.5. The minimum atomic E-state index is 0.895. The van der Waals surface area contributed by atoms with E-state index in [-0.39, 0.29) is 0 Å². The normalized spacial score (nSPS) is 11.9. The molecule has 0 aliphatic rings. The van der Waals surface area contributed by atoms with Gasteiger partial charge in [-0.3, -0.25) is 0 Å². The predicted molar refractivity (Wildman–Crippen MR) is 239 cm³/mol. The molecule has 0 atom stereocenters. The van der Waals surface area contributed by atoms with E-state index in [1.54, 1.807) is 0 Å². The van der Waals surface area contributed by atoms with Gasteiger partial charge >= 0.3 is 0 Å². The van der Waals surface area contributed by atoms with Crippen LogP contribution in [0, 0.1) is 0 Å². The standard InChI is InChI=1S/C54H33NO2/c1-2-15-43-41(13-1)42-14-3-4-16-44(42)49-33-39(28-29-45(43)49)55(37-26-23-34(24-27-37)40-19-10-20-48-46-17-5-8-22-52(46)57-54(40)48)38-12-9-11-35(31-38)36-25-30-53-50(32-36)47-18-6-7-21-51(47)56-53/h1-33H. The predicted octanol–water partition coefficient (Wildman–Crippen LogP) is 15.7. The van der Waals surface area contributed by atoms with E-state index in [9.17, 15) is 0 Å². The molecule has 57 heavy (non-hydrogen) atoms. The zero-order valence-electron chi connectivity index (χ0n) is 30.8. The molecule has 2 aromatic heterocycles. The van der Waals surface area contributed by atoms with Crippen molar-refractivity contribution in [2.75, 3.05) is 4.90 Å². The Balaban J connectivity index is 1.04. The molecule has 0 unspecified atom stereocenters. The lowest BCUT2D eigenvalue weighted by Gasteiger charge is -2.27. The molecule has 12 rings (SSSR count). The zero-order chi connectivity index (χ0) is 37.5. The van der Waals surface area contributed by atoms with Crippen LogP contribution in [-0.4, -0.2) is 0 Å². The van der Waals surface area contributed by atoms with Crippen LogP contribution in [-0.2, 0) is 0 Å². The van der Waals surface area contributed by atoms with Crippen LogP contribution in [0.3, 0.4) is 0 Å². The quantitative estimate of drug-likeness (QED) is 0.165. The summed E-state index contributed by atoms with van der Waals surface area (Å²) < 4.78 is 12.6. The fourth-order valence-electron chi connectivity index (χ4n) is 8.98. The molecule has 0 saturated carbocycles. The van der Waals surface area contributed by atoms with Gasteiger partial charge in [0.25, 0.3) is 0 Å². The lowest BCUT2D eigenvalue weighted by atomic mass is 9.94. The molecule has 0 N–H and O–H groups in total. The SMILES string of the molecule is c1cc(-c2ccc3oc4ccccc4c3c2)cc(N(c2ccc(-c3cccc4c3oc3ccccc34)cc2)c2ccc3c4ccccc4c4ccccc4c3c2)c1. The molecule has 10 aromatic carbocycles. The van der Waals surface area contributed by atoms with Gasteiger partial charge in [-0.05, 0) is 110 Å². The highest BCUT2D eigenvalue weighted by Crippen LogP contribution is 2.43. The number of nitrogens with zero attached hydrogens (tertiary/aromatic N) is 1. The molecular weight excluding hydrogens is 695 g/mol. The Morgan fingerprint density at radius 2 is 0.772 bits per heavy atom. The third-order valence-corrected chi connectivity index (χ3v) is 11.6. The number of fused-ring (bicyclic) bond motifs is 12. The third-order valence-electron chi connectivity index (χ3n) is 11.6. The van der Waals surface area contributed by atoms with Gasteiger partial charge in [-0.2, -0.15) is 0 Å². The molecule has 0 aliphatic heterocycles. The fourth-order valence-corrected chi connectivity index (χ4v) is 8.98. The van der Waals surface area contributed by atoms with E-state index < -0.39 is 0 Å². The van der Waals surface area contributed by atoms with Crippen molar-refractivity contribution in [2.45, 2.75) is 0 Å². The highest BCUT2D eigenvalue weighted by Gasteiger charge is 2.18. The summed E-state index contributed by atoms with van der Waals surface area (Å²) in [6.07, 6.45) is 0. The maximum absolute atomic E-state index is 6.45. The first-order chi connectivity index (χ1) is 28.2. The van der Waals surface area contributed by atoms with Crippen LogP contribution in [0.2, 0.25) is 0 Å². The van der Waals surface area contributed by atoms with Crippen LogP contribution in [0.4, 0.5) is 17.1 Å². The van der Waals surface area contributed by atoms with Crippen molar-refractivity contribution < 1.29 is 8.83 Å². The zero-order valence-corrected chi connectivity index (χ0v) is 30.8. The minimum absolute atomic E-state index is 0.895. The van der Waals surface area contributed by atoms with Crippen LogP contribution in [0.5, 0.6) is 0 Å². The van der Waals surface area contributed by atoms with E-state index >= 15 is 0 Å². The first kappa shape index (κ1) is 31.7. The number of rotatable bonds is 5. The van der Waals surface area contributed by atoms with Gasteiger partial charge in [-0.15, -0.1) is 0 Å². The Morgan fingerprint density at radius 1 is 0.263 bits per heavy atom. The van der Waals surface area contributed by atoms with E-state index in [2.05, 4.69) is 181 Å².